The summed E-state index contributed by atoms with van der Waals surface area (Å²) in [4.78, 5) is 4.49. The van der Waals surface area contributed by atoms with Crippen LogP contribution in [0.4, 0.5) is 5.13 Å². The minimum atomic E-state index is 0.799. The highest BCUT2D eigenvalue weighted by Crippen LogP contribution is 2.25. The van der Waals surface area contributed by atoms with Crippen LogP contribution in [0.15, 0.2) is 84.0 Å². The number of thiazole rings is 1. The van der Waals surface area contributed by atoms with Crippen LogP contribution in [-0.4, -0.2) is 11.2 Å². The zero-order chi connectivity index (χ0) is 16.2. The normalized spacial score (nSPS) is 11.2. The van der Waals surface area contributed by atoms with Crippen LogP contribution in [0.5, 0.6) is 0 Å². The Bertz CT molecular complexity index is 940. The summed E-state index contributed by atoms with van der Waals surface area (Å²) in [6.07, 6.45) is 1.81. The lowest BCUT2D eigenvalue weighted by Crippen LogP contribution is -1.89. The maximum Gasteiger partial charge on any atom is 0.204 e. The molecule has 0 bridgehead atoms. The van der Waals surface area contributed by atoms with Crippen LogP contribution in [0, 0.1) is 0 Å². The van der Waals surface area contributed by atoms with E-state index in [1.54, 1.807) is 17.6 Å². The first-order chi connectivity index (χ1) is 11.9. The van der Waals surface area contributed by atoms with E-state index < -0.39 is 0 Å². The predicted octanol–water partition coefficient (Wildman–Crippen LogP) is 5.41. The number of hydrazone groups is 1. The van der Waals surface area contributed by atoms with Crippen LogP contribution >= 0.6 is 11.3 Å². The zero-order valence-electron chi connectivity index (χ0n) is 12.9. The maximum absolute atomic E-state index is 4.49. The molecule has 24 heavy (non-hydrogen) atoms. The van der Waals surface area contributed by atoms with E-state index in [0.29, 0.717) is 0 Å². The van der Waals surface area contributed by atoms with Crippen LogP contribution in [0.2, 0.25) is 0 Å². The van der Waals surface area contributed by atoms with Gasteiger partial charge in [-0.3, -0.25) is 5.43 Å². The minimum absolute atomic E-state index is 0.799. The van der Waals surface area contributed by atoms with E-state index in [-0.39, 0.29) is 0 Å². The van der Waals surface area contributed by atoms with E-state index >= 15 is 0 Å². The first-order valence-electron chi connectivity index (χ1n) is 7.69. The summed E-state index contributed by atoms with van der Waals surface area (Å²) in [5.74, 6) is 0. The van der Waals surface area contributed by atoms with E-state index in [9.17, 15) is 0 Å². The van der Waals surface area contributed by atoms with Crippen molar-refractivity contribution < 1.29 is 0 Å². The quantitative estimate of drug-likeness (QED) is 0.401. The van der Waals surface area contributed by atoms with Crippen molar-refractivity contribution in [2.75, 3.05) is 5.43 Å². The molecule has 0 spiro atoms. The number of nitrogens with one attached hydrogen (secondary N) is 1. The topological polar surface area (TPSA) is 37.3 Å². The molecule has 1 N–H and O–H groups in total. The Balaban J connectivity index is 1.46. The average molecular weight is 329 g/mol. The summed E-state index contributed by atoms with van der Waals surface area (Å²) in [6, 6.07) is 26.7. The Morgan fingerprint density at radius 3 is 2.29 bits per heavy atom. The summed E-state index contributed by atoms with van der Waals surface area (Å²) in [5, 5.41) is 5.08. The molecule has 3 aromatic carbocycles. The van der Waals surface area contributed by atoms with Gasteiger partial charge in [-0.2, -0.15) is 5.10 Å². The summed E-state index contributed by atoms with van der Waals surface area (Å²) in [7, 11) is 0. The Hall–Kier alpha value is -2.98. The van der Waals surface area contributed by atoms with E-state index in [1.807, 2.05) is 36.4 Å². The molecular weight excluding hydrogens is 314 g/mol. The van der Waals surface area contributed by atoms with Gasteiger partial charge in [0.05, 0.1) is 16.4 Å². The number of nitrogens with zero attached hydrogens (tertiary/aromatic N) is 2. The fourth-order valence-electron chi connectivity index (χ4n) is 2.47. The number of hydrogen-bond donors (Lipinski definition) is 1. The van der Waals surface area contributed by atoms with Crippen LogP contribution in [0.1, 0.15) is 5.56 Å². The van der Waals surface area contributed by atoms with Crippen LogP contribution in [-0.2, 0) is 0 Å². The lowest BCUT2D eigenvalue weighted by molar-refractivity contribution is 1.31. The average Bonchev–Trinajstić information content (AvgIpc) is 3.06. The number of aromatic nitrogens is 1. The molecule has 4 heteroatoms. The standard InChI is InChI=1S/C20H15N3S/c1-2-6-16(7-3-1)17-12-10-15(11-13-17)14-21-23-20-22-18-8-4-5-9-19(18)24-20/h1-14H,(H,22,23)/b21-14-. The predicted molar refractivity (Wildman–Crippen MR) is 103 cm³/mol. The SMILES string of the molecule is C(=N/Nc1nc2ccccc2s1)/c1ccc(-c2ccccc2)cc1. The van der Waals surface area contributed by atoms with Gasteiger partial charge in [-0.15, -0.1) is 0 Å². The van der Waals surface area contributed by atoms with Crippen molar-refractivity contribution in [3.05, 3.63) is 84.4 Å². The van der Waals surface area contributed by atoms with Gasteiger partial charge in [-0.25, -0.2) is 4.98 Å². The highest BCUT2D eigenvalue weighted by Gasteiger charge is 2.01. The van der Waals surface area contributed by atoms with Gasteiger partial charge in [0.2, 0.25) is 5.13 Å². The zero-order valence-corrected chi connectivity index (χ0v) is 13.7. The summed E-state index contributed by atoms with van der Waals surface area (Å²) in [6.45, 7) is 0. The molecule has 1 aromatic heterocycles. The molecule has 1 heterocycles. The van der Waals surface area contributed by atoms with E-state index in [2.05, 4.69) is 58.0 Å². The Labute approximate surface area is 144 Å². The highest BCUT2D eigenvalue weighted by atomic mass is 32.1. The monoisotopic (exact) mass is 329 g/mol. The summed E-state index contributed by atoms with van der Waals surface area (Å²) < 4.78 is 1.16. The van der Waals surface area contributed by atoms with Gasteiger partial charge < -0.3 is 0 Å². The van der Waals surface area contributed by atoms with E-state index in [4.69, 9.17) is 0 Å². The molecule has 0 aliphatic rings. The van der Waals surface area contributed by atoms with Crippen molar-refractivity contribution in [2.45, 2.75) is 0 Å². The first kappa shape index (κ1) is 14.6. The van der Waals surface area contributed by atoms with Gasteiger partial charge >= 0.3 is 0 Å². The molecule has 0 unspecified atom stereocenters. The minimum Gasteiger partial charge on any atom is -0.253 e. The number of anilines is 1. The van der Waals surface area contributed by atoms with Gasteiger partial charge in [0.15, 0.2) is 0 Å². The van der Waals surface area contributed by atoms with Crippen molar-refractivity contribution in [1.29, 1.82) is 0 Å². The van der Waals surface area contributed by atoms with Crippen molar-refractivity contribution in [3.8, 4) is 11.1 Å². The second-order valence-electron chi connectivity index (χ2n) is 5.34. The molecule has 0 amide bonds. The molecular formula is C20H15N3S. The molecule has 0 saturated carbocycles. The van der Waals surface area contributed by atoms with Crippen molar-refractivity contribution in [3.63, 3.8) is 0 Å². The van der Waals surface area contributed by atoms with E-state index in [0.717, 1.165) is 20.9 Å². The Morgan fingerprint density at radius 1 is 0.792 bits per heavy atom. The molecule has 0 aliphatic heterocycles. The van der Waals surface area contributed by atoms with Gasteiger partial charge in [0.1, 0.15) is 0 Å². The van der Waals surface area contributed by atoms with Crippen LogP contribution < -0.4 is 5.43 Å². The number of hydrogen-bond acceptors (Lipinski definition) is 4. The van der Waals surface area contributed by atoms with Gasteiger partial charge in [-0.1, -0.05) is 78.1 Å². The molecule has 3 nitrogen and oxygen atoms in total. The smallest absolute Gasteiger partial charge is 0.204 e. The third-order valence-corrected chi connectivity index (χ3v) is 4.63. The molecule has 116 valence electrons. The molecule has 0 saturated heterocycles. The molecule has 4 rings (SSSR count). The second-order valence-corrected chi connectivity index (χ2v) is 6.38. The third kappa shape index (κ3) is 3.19. The number of fused-ring (bicyclic) bond motifs is 1. The Kier molecular flexibility index (Phi) is 4.04. The fraction of sp³-hybridized carbons (Fsp3) is 0. The number of para-hydroxylation sites is 1. The summed E-state index contributed by atoms with van der Waals surface area (Å²) in [5.41, 5.74) is 7.46. The van der Waals surface area contributed by atoms with Gasteiger partial charge in [0.25, 0.3) is 0 Å². The van der Waals surface area contributed by atoms with Crippen molar-refractivity contribution in [2.24, 2.45) is 5.10 Å². The molecule has 0 radical (unpaired) electrons. The molecule has 0 fully saturated rings. The highest BCUT2D eigenvalue weighted by molar-refractivity contribution is 7.22. The lowest BCUT2D eigenvalue weighted by atomic mass is 10.0. The lowest BCUT2D eigenvalue weighted by Gasteiger charge is -2.01. The third-order valence-electron chi connectivity index (χ3n) is 3.69. The van der Waals surface area contributed by atoms with Crippen molar-refractivity contribution >= 4 is 32.9 Å². The van der Waals surface area contributed by atoms with Crippen LogP contribution in [0.25, 0.3) is 21.3 Å². The fourth-order valence-corrected chi connectivity index (χ4v) is 3.29. The number of rotatable bonds is 4. The van der Waals surface area contributed by atoms with Gasteiger partial charge in [-0.05, 0) is 28.8 Å². The molecule has 4 aromatic rings. The largest absolute Gasteiger partial charge is 0.253 e. The summed E-state index contributed by atoms with van der Waals surface area (Å²) >= 11 is 1.60. The van der Waals surface area contributed by atoms with E-state index in [1.165, 1.54) is 11.1 Å². The Morgan fingerprint density at radius 2 is 1.50 bits per heavy atom. The van der Waals surface area contributed by atoms with Gasteiger partial charge in [0, 0.05) is 0 Å². The molecule has 0 atom stereocenters. The number of benzene rings is 3. The second kappa shape index (κ2) is 6.64. The first-order valence-corrected chi connectivity index (χ1v) is 8.50. The maximum atomic E-state index is 4.49. The van der Waals surface area contributed by atoms with Crippen LogP contribution in [0.3, 0.4) is 0 Å². The van der Waals surface area contributed by atoms with Crippen molar-refractivity contribution in [1.82, 2.24) is 4.98 Å². The molecule has 0 aliphatic carbocycles.